The molecular weight excluding hydrogens is 394 g/mol. The van der Waals surface area contributed by atoms with Crippen molar-refractivity contribution >= 4 is 35.0 Å². The summed E-state index contributed by atoms with van der Waals surface area (Å²) in [7, 11) is 1.80. The Balaban J connectivity index is 1.62. The molecule has 1 aliphatic heterocycles. The van der Waals surface area contributed by atoms with Gasteiger partial charge in [0.15, 0.2) is 0 Å². The Hall–Kier alpha value is -2.57. The molecule has 0 aliphatic carbocycles. The van der Waals surface area contributed by atoms with Crippen LogP contribution in [-0.4, -0.2) is 54.9 Å². The molecule has 1 N–H and O–H groups in total. The average molecular weight is 424 g/mol. The number of hydrogen-bond donors (Lipinski definition) is 1. The van der Waals surface area contributed by atoms with Crippen LogP contribution in [0, 0.1) is 13.8 Å². The first kappa shape index (κ1) is 22.1. The Morgan fingerprint density at radius 2 is 1.70 bits per heavy atom. The minimum Gasteiger partial charge on any atom is -0.324 e. The highest BCUT2D eigenvalue weighted by atomic mass is 32.2. The van der Waals surface area contributed by atoms with Crippen molar-refractivity contribution in [1.29, 1.82) is 0 Å². The highest BCUT2D eigenvalue weighted by Crippen LogP contribution is 2.22. The van der Waals surface area contributed by atoms with Gasteiger partial charge in [0.2, 0.25) is 11.8 Å². The monoisotopic (exact) mass is 423 g/mol. The van der Waals surface area contributed by atoms with Gasteiger partial charge >= 0.3 is 0 Å². The molecular formula is C24H29N3O2S. The third-order valence-electron chi connectivity index (χ3n) is 5.07. The third-order valence-corrected chi connectivity index (χ3v) is 6.05. The Morgan fingerprint density at radius 3 is 2.33 bits per heavy atom. The lowest BCUT2D eigenvalue weighted by Gasteiger charge is -2.26. The molecule has 0 unspecified atom stereocenters. The van der Waals surface area contributed by atoms with E-state index in [9.17, 15) is 9.59 Å². The van der Waals surface area contributed by atoms with E-state index in [0.717, 1.165) is 34.0 Å². The molecule has 0 aromatic heterocycles. The maximum absolute atomic E-state index is 13.1. The van der Waals surface area contributed by atoms with E-state index >= 15 is 0 Å². The number of aryl methyl sites for hydroxylation is 2. The van der Waals surface area contributed by atoms with E-state index in [-0.39, 0.29) is 24.9 Å². The molecule has 2 aromatic carbocycles. The molecule has 30 heavy (non-hydrogen) atoms. The topological polar surface area (TPSA) is 52.7 Å². The molecule has 5 nitrogen and oxygen atoms in total. The molecule has 0 saturated heterocycles. The van der Waals surface area contributed by atoms with Crippen LogP contribution in [-0.2, 0) is 9.59 Å². The molecule has 0 radical (unpaired) electrons. The summed E-state index contributed by atoms with van der Waals surface area (Å²) in [5.41, 5.74) is 5.06. The lowest BCUT2D eigenvalue weighted by molar-refractivity contribution is -0.120. The first-order valence-electron chi connectivity index (χ1n) is 10.1. The van der Waals surface area contributed by atoms with Gasteiger partial charge in [0, 0.05) is 29.4 Å². The number of carbonyl (C=O) groups is 2. The maximum Gasteiger partial charge on any atom is 0.241 e. The van der Waals surface area contributed by atoms with Gasteiger partial charge in [-0.3, -0.25) is 14.5 Å². The van der Waals surface area contributed by atoms with Gasteiger partial charge in [0.1, 0.15) is 0 Å². The van der Waals surface area contributed by atoms with Crippen LogP contribution in [0.5, 0.6) is 0 Å². The zero-order valence-corrected chi connectivity index (χ0v) is 18.7. The lowest BCUT2D eigenvalue weighted by Crippen LogP contribution is -2.42. The highest BCUT2D eigenvalue weighted by molar-refractivity contribution is 7.99. The number of amides is 2. The van der Waals surface area contributed by atoms with Crippen LogP contribution < -0.4 is 10.2 Å². The summed E-state index contributed by atoms with van der Waals surface area (Å²) in [6, 6.07) is 15.7. The van der Waals surface area contributed by atoms with Crippen LogP contribution in [0.2, 0.25) is 0 Å². The molecule has 6 heteroatoms. The van der Waals surface area contributed by atoms with Crippen LogP contribution in [0.15, 0.2) is 60.2 Å². The fourth-order valence-corrected chi connectivity index (χ4v) is 4.42. The van der Waals surface area contributed by atoms with Gasteiger partial charge < -0.3 is 10.2 Å². The summed E-state index contributed by atoms with van der Waals surface area (Å²) < 4.78 is 0. The van der Waals surface area contributed by atoms with E-state index in [1.54, 1.807) is 11.9 Å². The zero-order valence-electron chi connectivity index (χ0n) is 17.9. The van der Waals surface area contributed by atoms with Crippen LogP contribution >= 0.6 is 11.8 Å². The fourth-order valence-electron chi connectivity index (χ4n) is 3.48. The Labute approximate surface area is 183 Å². The Kier molecular flexibility index (Phi) is 7.71. The second-order valence-electron chi connectivity index (χ2n) is 7.68. The number of nitrogens with zero attached hydrogens (tertiary/aromatic N) is 2. The minimum atomic E-state index is -0.121. The molecule has 0 saturated carbocycles. The van der Waals surface area contributed by atoms with Crippen LogP contribution in [0.4, 0.5) is 11.4 Å². The zero-order chi connectivity index (χ0) is 21.5. The van der Waals surface area contributed by atoms with Gasteiger partial charge in [0.25, 0.3) is 0 Å². The summed E-state index contributed by atoms with van der Waals surface area (Å²) in [5, 5.41) is 2.98. The average Bonchev–Trinajstić information content (AvgIpc) is 3.23. The standard InChI is InChI=1S/C24H29N3O2S/c1-18-8-7-9-19(2)24(18)25-22(28)15-26(3)16-23(29)27(14-20-12-13-30-17-20)21-10-5-4-6-11-21/h4-12H,13-17H2,1-3H3,(H,25,28). The molecule has 2 aromatic rings. The van der Waals surface area contributed by atoms with E-state index < -0.39 is 0 Å². The molecule has 158 valence electrons. The Bertz CT molecular complexity index is 907. The number of rotatable bonds is 8. The van der Waals surface area contributed by atoms with Crippen LogP contribution in [0.3, 0.4) is 0 Å². The van der Waals surface area contributed by atoms with Crippen LogP contribution in [0.25, 0.3) is 0 Å². The maximum atomic E-state index is 13.1. The van der Waals surface area contributed by atoms with E-state index in [4.69, 9.17) is 0 Å². The van der Waals surface area contributed by atoms with E-state index in [1.807, 2.05) is 79.0 Å². The van der Waals surface area contributed by atoms with Gasteiger partial charge in [0.05, 0.1) is 13.1 Å². The molecule has 1 heterocycles. The largest absolute Gasteiger partial charge is 0.324 e. The van der Waals surface area contributed by atoms with Crippen LogP contribution in [0.1, 0.15) is 11.1 Å². The number of anilines is 2. The number of benzene rings is 2. The third kappa shape index (κ3) is 5.97. The molecule has 3 rings (SSSR count). The quantitative estimate of drug-likeness (QED) is 0.655. The minimum absolute atomic E-state index is 0.0126. The second-order valence-corrected chi connectivity index (χ2v) is 8.71. The second kappa shape index (κ2) is 10.5. The lowest BCUT2D eigenvalue weighted by atomic mass is 10.1. The summed E-state index contributed by atoms with van der Waals surface area (Å²) in [6.45, 7) is 4.88. The van der Waals surface area contributed by atoms with E-state index in [0.29, 0.717) is 6.54 Å². The molecule has 0 fully saturated rings. The first-order chi connectivity index (χ1) is 14.4. The number of para-hydroxylation sites is 2. The van der Waals surface area contributed by atoms with E-state index in [1.165, 1.54) is 5.57 Å². The van der Waals surface area contributed by atoms with Crippen molar-refractivity contribution in [2.45, 2.75) is 13.8 Å². The van der Waals surface area contributed by atoms with Crippen molar-refractivity contribution in [3.8, 4) is 0 Å². The summed E-state index contributed by atoms with van der Waals surface area (Å²) in [6.07, 6.45) is 2.20. The van der Waals surface area contributed by atoms with Gasteiger partial charge in [-0.15, -0.1) is 0 Å². The van der Waals surface area contributed by atoms with E-state index in [2.05, 4.69) is 11.4 Å². The molecule has 2 amide bonds. The summed E-state index contributed by atoms with van der Waals surface area (Å²) in [5.74, 6) is 1.83. The summed E-state index contributed by atoms with van der Waals surface area (Å²) >= 11 is 1.86. The number of nitrogens with one attached hydrogen (secondary N) is 1. The highest BCUT2D eigenvalue weighted by Gasteiger charge is 2.21. The normalized spacial score (nSPS) is 13.3. The van der Waals surface area contributed by atoms with Crippen molar-refractivity contribution in [2.24, 2.45) is 0 Å². The van der Waals surface area contributed by atoms with Crippen molar-refractivity contribution in [1.82, 2.24) is 4.90 Å². The molecule has 1 aliphatic rings. The SMILES string of the molecule is Cc1cccc(C)c1NC(=O)CN(C)CC(=O)N(CC1=CCSC1)c1ccccc1. The van der Waals surface area contributed by atoms with Crippen molar-refractivity contribution < 1.29 is 9.59 Å². The van der Waals surface area contributed by atoms with Crippen molar-refractivity contribution in [3.05, 3.63) is 71.3 Å². The molecule has 0 spiro atoms. The van der Waals surface area contributed by atoms with Gasteiger partial charge in [-0.05, 0) is 49.7 Å². The van der Waals surface area contributed by atoms with Crippen molar-refractivity contribution in [2.75, 3.05) is 48.4 Å². The van der Waals surface area contributed by atoms with Crippen molar-refractivity contribution in [3.63, 3.8) is 0 Å². The number of likely N-dealkylation sites (N-methyl/N-ethyl adjacent to an activating group) is 1. The first-order valence-corrected chi connectivity index (χ1v) is 11.2. The number of hydrogen-bond acceptors (Lipinski definition) is 4. The van der Waals surface area contributed by atoms with Gasteiger partial charge in [-0.25, -0.2) is 0 Å². The predicted molar refractivity (Wildman–Crippen MR) is 126 cm³/mol. The predicted octanol–water partition coefficient (Wildman–Crippen LogP) is 3.88. The smallest absolute Gasteiger partial charge is 0.241 e. The van der Waals surface area contributed by atoms with Gasteiger partial charge in [-0.1, -0.05) is 42.5 Å². The molecule has 0 atom stereocenters. The summed E-state index contributed by atoms with van der Waals surface area (Å²) in [4.78, 5) is 29.2. The Morgan fingerprint density at radius 1 is 1.00 bits per heavy atom. The number of thioether (sulfide) groups is 1. The fraction of sp³-hybridized carbons (Fsp3) is 0.333. The molecule has 0 bridgehead atoms. The number of carbonyl (C=O) groups excluding carboxylic acids is 2. The van der Waals surface area contributed by atoms with Gasteiger partial charge in [-0.2, -0.15) is 11.8 Å².